The van der Waals surface area contributed by atoms with E-state index in [1.165, 1.54) is 0 Å². The van der Waals surface area contributed by atoms with E-state index in [4.69, 9.17) is 4.74 Å². The molecule has 1 amide bonds. The highest BCUT2D eigenvalue weighted by Gasteiger charge is 2.48. The molecule has 3 rings (SSSR count). The highest BCUT2D eigenvalue weighted by molar-refractivity contribution is 5.76. The highest BCUT2D eigenvalue weighted by atomic mass is 16.5. The predicted octanol–water partition coefficient (Wildman–Crippen LogP) is 0.784. The molecule has 7 nitrogen and oxygen atoms in total. The molecule has 0 bridgehead atoms. The zero-order chi connectivity index (χ0) is 17.9. The smallest absolute Gasteiger partial charge is 0.222 e. The second-order valence-corrected chi connectivity index (χ2v) is 7.63. The van der Waals surface area contributed by atoms with Crippen molar-refractivity contribution >= 4 is 5.91 Å². The minimum atomic E-state index is -0.834. The molecule has 2 saturated heterocycles. The molecule has 0 saturated carbocycles. The molecule has 1 aromatic rings. The largest absolute Gasteiger partial charge is 0.386 e. The van der Waals surface area contributed by atoms with E-state index < -0.39 is 5.60 Å². The molecule has 3 heterocycles. The maximum atomic E-state index is 12.4. The topological polar surface area (TPSA) is 79.6 Å². The van der Waals surface area contributed by atoms with Crippen molar-refractivity contribution in [1.29, 1.82) is 0 Å². The van der Waals surface area contributed by atoms with Crippen molar-refractivity contribution in [3.05, 3.63) is 18.5 Å². The van der Waals surface area contributed by atoms with E-state index in [-0.39, 0.29) is 17.6 Å². The fourth-order valence-corrected chi connectivity index (χ4v) is 3.96. The van der Waals surface area contributed by atoms with E-state index in [0.29, 0.717) is 13.0 Å². The zero-order valence-electron chi connectivity index (χ0n) is 15.3. The first-order chi connectivity index (χ1) is 11.9. The number of carbonyl (C=O) groups is 1. The lowest BCUT2D eigenvalue weighted by Gasteiger charge is -2.50. The number of aromatic nitrogens is 2. The second kappa shape index (κ2) is 7.43. The van der Waals surface area contributed by atoms with Crippen LogP contribution in [0, 0.1) is 0 Å². The molecular weight excluding hydrogens is 320 g/mol. The van der Waals surface area contributed by atoms with Crippen molar-refractivity contribution in [2.45, 2.75) is 62.8 Å². The number of rotatable bonds is 5. The molecule has 2 N–H and O–H groups in total. The van der Waals surface area contributed by atoms with Crippen LogP contribution in [0.1, 0.15) is 39.0 Å². The van der Waals surface area contributed by atoms with E-state index in [0.717, 1.165) is 45.3 Å². The number of piperidine rings is 1. The molecule has 2 fully saturated rings. The molecule has 1 spiro atoms. The lowest BCUT2D eigenvalue weighted by Crippen LogP contribution is -2.62. The SMILES string of the molecule is CN[C@H]1CC2(CCN(C(=O)CCCn3cccn3)CC2)OC[C@]1(C)O. The number of aryl methyl sites for hydroxylation is 1. The summed E-state index contributed by atoms with van der Waals surface area (Å²) in [5, 5.41) is 17.8. The Hall–Kier alpha value is -1.44. The Morgan fingerprint density at radius 2 is 2.20 bits per heavy atom. The molecule has 2 atom stereocenters. The van der Waals surface area contributed by atoms with Gasteiger partial charge < -0.3 is 20.1 Å². The first kappa shape index (κ1) is 18.4. The average Bonchev–Trinajstić information content (AvgIpc) is 3.11. The first-order valence-electron chi connectivity index (χ1n) is 9.23. The van der Waals surface area contributed by atoms with Crippen LogP contribution in [0.15, 0.2) is 18.5 Å². The summed E-state index contributed by atoms with van der Waals surface area (Å²) in [7, 11) is 1.89. The van der Waals surface area contributed by atoms with Crippen LogP contribution in [-0.4, -0.2) is 69.7 Å². The Kier molecular flexibility index (Phi) is 5.46. The molecule has 0 aliphatic carbocycles. The van der Waals surface area contributed by atoms with E-state index in [9.17, 15) is 9.90 Å². The number of hydrogen-bond donors (Lipinski definition) is 2. The Bertz CT molecular complexity index is 565. The lowest BCUT2D eigenvalue weighted by atomic mass is 9.77. The van der Waals surface area contributed by atoms with Gasteiger partial charge in [-0.2, -0.15) is 5.10 Å². The number of hydrogen-bond acceptors (Lipinski definition) is 5. The summed E-state index contributed by atoms with van der Waals surface area (Å²) in [4.78, 5) is 14.4. The molecule has 2 aliphatic heterocycles. The molecule has 7 heteroatoms. The third kappa shape index (κ3) is 4.22. The van der Waals surface area contributed by atoms with Crippen LogP contribution in [0.5, 0.6) is 0 Å². The second-order valence-electron chi connectivity index (χ2n) is 7.63. The Morgan fingerprint density at radius 1 is 1.44 bits per heavy atom. The molecule has 140 valence electrons. The van der Waals surface area contributed by atoms with Crippen molar-refractivity contribution in [3.8, 4) is 0 Å². The van der Waals surface area contributed by atoms with Crippen LogP contribution in [0.4, 0.5) is 0 Å². The first-order valence-corrected chi connectivity index (χ1v) is 9.23. The van der Waals surface area contributed by atoms with Crippen LogP contribution < -0.4 is 5.32 Å². The van der Waals surface area contributed by atoms with Gasteiger partial charge in [0.2, 0.25) is 5.91 Å². The summed E-state index contributed by atoms with van der Waals surface area (Å²) in [6.07, 6.45) is 7.51. The van der Waals surface area contributed by atoms with Gasteiger partial charge in [-0.15, -0.1) is 0 Å². The Labute approximate surface area is 149 Å². The molecule has 2 aliphatic rings. The fraction of sp³-hybridized carbons (Fsp3) is 0.778. The Morgan fingerprint density at radius 3 is 2.84 bits per heavy atom. The minimum absolute atomic E-state index is 0.0255. The monoisotopic (exact) mass is 350 g/mol. The average molecular weight is 350 g/mol. The van der Waals surface area contributed by atoms with Gasteiger partial charge >= 0.3 is 0 Å². The quantitative estimate of drug-likeness (QED) is 0.821. The van der Waals surface area contributed by atoms with Crippen LogP contribution in [-0.2, 0) is 16.1 Å². The maximum Gasteiger partial charge on any atom is 0.222 e. The number of amides is 1. The highest BCUT2D eigenvalue weighted by Crippen LogP contribution is 2.38. The number of nitrogens with zero attached hydrogens (tertiary/aromatic N) is 3. The summed E-state index contributed by atoms with van der Waals surface area (Å²) >= 11 is 0. The van der Waals surface area contributed by atoms with Gasteiger partial charge in [-0.25, -0.2) is 0 Å². The van der Waals surface area contributed by atoms with Crippen LogP contribution in [0.25, 0.3) is 0 Å². The van der Waals surface area contributed by atoms with E-state index in [1.54, 1.807) is 6.20 Å². The maximum absolute atomic E-state index is 12.4. The van der Waals surface area contributed by atoms with Gasteiger partial charge in [0, 0.05) is 44.5 Å². The number of ether oxygens (including phenoxy) is 1. The molecule has 0 unspecified atom stereocenters. The Balaban J connectivity index is 1.45. The van der Waals surface area contributed by atoms with Gasteiger partial charge in [-0.05, 0) is 45.7 Å². The van der Waals surface area contributed by atoms with Gasteiger partial charge in [0.1, 0.15) is 5.60 Å². The molecule has 0 aromatic carbocycles. The third-order valence-electron chi connectivity index (χ3n) is 5.71. The van der Waals surface area contributed by atoms with Crippen LogP contribution >= 0.6 is 0 Å². The zero-order valence-corrected chi connectivity index (χ0v) is 15.3. The van der Waals surface area contributed by atoms with Crippen molar-refractivity contribution < 1.29 is 14.6 Å². The van der Waals surface area contributed by atoms with Gasteiger partial charge in [-0.3, -0.25) is 9.48 Å². The number of nitrogens with one attached hydrogen (secondary N) is 1. The predicted molar refractivity (Wildman–Crippen MR) is 94.0 cm³/mol. The van der Waals surface area contributed by atoms with Crippen molar-refractivity contribution in [2.24, 2.45) is 0 Å². The van der Waals surface area contributed by atoms with E-state index >= 15 is 0 Å². The summed E-state index contributed by atoms with van der Waals surface area (Å²) in [6.45, 7) is 4.41. The lowest BCUT2D eigenvalue weighted by molar-refractivity contribution is -0.192. The normalized spacial score (nSPS) is 29.1. The number of carbonyl (C=O) groups excluding carboxylic acids is 1. The molecule has 1 aromatic heterocycles. The molecular formula is C18H30N4O3. The number of likely N-dealkylation sites (tertiary alicyclic amines) is 1. The number of likely N-dealkylation sites (N-methyl/N-ethyl adjacent to an activating group) is 1. The minimum Gasteiger partial charge on any atom is -0.386 e. The van der Waals surface area contributed by atoms with Crippen LogP contribution in [0.2, 0.25) is 0 Å². The van der Waals surface area contributed by atoms with Crippen LogP contribution in [0.3, 0.4) is 0 Å². The van der Waals surface area contributed by atoms with E-state index in [1.807, 2.05) is 35.8 Å². The van der Waals surface area contributed by atoms with Crippen molar-refractivity contribution in [3.63, 3.8) is 0 Å². The third-order valence-corrected chi connectivity index (χ3v) is 5.71. The van der Waals surface area contributed by atoms with Gasteiger partial charge in [0.15, 0.2) is 0 Å². The van der Waals surface area contributed by atoms with Crippen molar-refractivity contribution in [1.82, 2.24) is 20.0 Å². The van der Waals surface area contributed by atoms with E-state index in [2.05, 4.69) is 10.4 Å². The summed E-state index contributed by atoms with van der Waals surface area (Å²) in [5.41, 5.74) is -1.04. The summed E-state index contributed by atoms with van der Waals surface area (Å²) in [6, 6.07) is 1.92. The summed E-state index contributed by atoms with van der Waals surface area (Å²) < 4.78 is 7.93. The number of aliphatic hydroxyl groups is 1. The summed E-state index contributed by atoms with van der Waals surface area (Å²) in [5.74, 6) is 0.218. The molecule has 25 heavy (non-hydrogen) atoms. The van der Waals surface area contributed by atoms with Gasteiger partial charge in [-0.1, -0.05) is 0 Å². The standard InChI is InChI=1S/C18H30N4O3/c1-17(24)14-25-18(13-15(17)19-2)6-11-21(12-7-18)16(23)5-3-9-22-10-4-8-20-22/h4,8,10,15,19,24H,3,5-7,9,11-14H2,1-2H3/t15-,17-/m0/s1. The van der Waals surface area contributed by atoms with Crippen molar-refractivity contribution in [2.75, 3.05) is 26.7 Å². The van der Waals surface area contributed by atoms with Gasteiger partial charge in [0.25, 0.3) is 0 Å². The molecule has 0 radical (unpaired) electrons. The van der Waals surface area contributed by atoms with Gasteiger partial charge in [0.05, 0.1) is 12.2 Å². The fourth-order valence-electron chi connectivity index (χ4n) is 3.96.